The summed E-state index contributed by atoms with van der Waals surface area (Å²) in [5.74, 6) is -0.00441. The van der Waals surface area contributed by atoms with Gasteiger partial charge in [0.05, 0.1) is 11.9 Å². The van der Waals surface area contributed by atoms with E-state index in [1.165, 1.54) is 16.8 Å². The summed E-state index contributed by atoms with van der Waals surface area (Å²) in [4.78, 5) is 18.3. The molecule has 1 unspecified atom stereocenters. The highest BCUT2D eigenvalue weighted by atomic mass is 32.2. The number of aromatic nitrogens is 2. The molecule has 0 saturated carbocycles. The quantitative estimate of drug-likeness (QED) is 0.810. The van der Waals surface area contributed by atoms with Crippen LogP contribution < -0.4 is 5.32 Å². The number of nitrogens with one attached hydrogen (secondary N) is 1. The lowest BCUT2D eigenvalue weighted by atomic mass is 9.97. The van der Waals surface area contributed by atoms with E-state index in [2.05, 4.69) is 29.0 Å². The van der Waals surface area contributed by atoms with Crippen molar-refractivity contribution in [3.8, 4) is 0 Å². The Hall–Kier alpha value is -1.45. The van der Waals surface area contributed by atoms with Gasteiger partial charge in [-0.3, -0.25) is 9.69 Å². The van der Waals surface area contributed by atoms with Crippen LogP contribution in [0.15, 0.2) is 17.6 Å². The molecule has 1 aromatic heterocycles. The van der Waals surface area contributed by atoms with Gasteiger partial charge in [0.2, 0.25) is 5.91 Å². The Kier molecular flexibility index (Phi) is 4.43. The van der Waals surface area contributed by atoms with Crippen LogP contribution in [0.25, 0.3) is 0 Å². The number of carbonyl (C=O) groups excluding carboxylic acids is 1. The lowest BCUT2D eigenvalue weighted by Gasteiger charge is -2.34. The third-order valence-electron chi connectivity index (χ3n) is 4.87. The van der Waals surface area contributed by atoms with Crippen LogP contribution in [0.5, 0.6) is 0 Å². The van der Waals surface area contributed by atoms with Crippen molar-refractivity contribution in [2.45, 2.75) is 43.3 Å². The predicted octanol–water partition coefficient (Wildman–Crippen LogP) is -0.216. The first-order valence-corrected chi connectivity index (χ1v) is 9.69. The Bertz CT molecular complexity index is 729. The maximum Gasteiger partial charge on any atom is 0.262 e. The van der Waals surface area contributed by atoms with Gasteiger partial charge in [0, 0.05) is 51.9 Å². The van der Waals surface area contributed by atoms with Crippen LogP contribution >= 0.6 is 0 Å². The lowest BCUT2D eigenvalue weighted by Crippen LogP contribution is -2.55. The van der Waals surface area contributed by atoms with Crippen LogP contribution in [0, 0.1) is 0 Å². The summed E-state index contributed by atoms with van der Waals surface area (Å²) >= 11 is 0. The molecule has 0 aliphatic carbocycles. The number of hydrogen-bond donors (Lipinski definition) is 1. The summed E-state index contributed by atoms with van der Waals surface area (Å²) in [5.41, 5.74) is -0.514. The third-order valence-corrected chi connectivity index (χ3v) is 6.60. The molecule has 1 N–H and O–H groups in total. The average Bonchev–Trinajstić information content (AvgIpc) is 3.06. The topological polar surface area (TPSA) is 87.5 Å². The minimum atomic E-state index is -3.63. The van der Waals surface area contributed by atoms with Crippen LogP contribution in [-0.4, -0.2) is 70.8 Å². The zero-order chi connectivity index (χ0) is 17.5. The molecule has 24 heavy (non-hydrogen) atoms. The van der Waals surface area contributed by atoms with Crippen LogP contribution in [0.3, 0.4) is 0 Å². The van der Waals surface area contributed by atoms with Gasteiger partial charge in [-0.2, -0.15) is 4.31 Å². The first-order chi connectivity index (χ1) is 11.2. The Morgan fingerprint density at radius 2 is 2.04 bits per heavy atom. The Morgan fingerprint density at radius 1 is 1.29 bits per heavy atom. The van der Waals surface area contributed by atoms with Crippen molar-refractivity contribution in [3.05, 3.63) is 12.5 Å². The Balaban J connectivity index is 1.83. The van der Waals surface area contributed by atoms with Crippen molar-refractivity contribution in [2.24, 2.45) is 7.05 Å². The fourth-order valence-corrected chi connectivity index (χ4v) is 4.97. The highest BCUT2D eigenvalue weighted by molar-refractivity contribution is 7.89. The number of sulfonamides is 1. The van der Waals surface area contributed by atoms with Gasteiger partial charge in [-0.25, -0.2) is 13.4 Å². The zero-order valence-electron chi connectivity index (χ0n) is 14.4. The predicted molar refractivity (Wildman–Crippen MR) is 88.8 cm³/mol. The van der Waals surface area contributed by atoms with Crippen LogP contribution in [0.2, 0.25) is 0 Å². The molecule has 1 spiro atoms. The highest BCUT2D eigenvalue weighted by Crippen LogP contribution is 2.29. The molecule has 0 aromatic carbocycles. The van der Waals surface area contributed by atoms with E-state index < -0.39 is 15.6 Å². The standard InChI is InChI=1S/C15H25N5O3S/c1-12(2)19-6-4-13(21)17-15(9-19)5-7-20(10-15)24(22,23)14-8-18(3)11-16-14/h8,11-12H,4-7,9-10H2,1-3H3,(H,17,21). The molecule has 9 heteroatoms. The maximum atomic E-state index is 12.8. The van der Waals surface area contributed by atoms with Crippen LogP contribution in [0.1, 0.15) is 26.7 Å². The van der Waals surface area contributed by atoms with Gasteiger partial charge in [0.25, 0.3) is 10.0 Å². The molecule has 2 aliphatic rings. The summed E-state index contributed by atoms with van der Waals surface area (Å²) in [6, 6.07) is 0.316. The molecule has 0 radical (unpaired) electrons. The number of hydrogen-bond acceptors (Lipinski definition) is 5. The smallest absolute Gasteiger partial charge is 0.262 e. The minimum absolute atomic E-state index is 0.00441. The van der Waals surface area contributed by atoms with Crippen LogP contribution in [0.4, 0.5) is 0 Å². The van der Waals surface area contributed by atoms with E-state index >= 15 is 0 Å². The summed E-state index contributed by atoms with van der Waals surface area (Å²) in [7, 11) is -1.89. The molecular weight excluding hydrogens is 330 g/mol. The highest BCUT2D eigenvalue weighted by Gasteiger charge is 2.46. The van der Waals surface area contributed by atoms with Crippen molar-refractivity contribution in [2.75, 3.05) is 26.2 Å². The third kappa shape index (κ3) is 3.20. The van der Waals surface area contributed by atoms with E-state index in [1.54, 1.807) is 11.6 Å². The van der Waals surface area contributed by atoms with E-state index in [-0.39, 0.29) is 10.9 Å². The second kappa shape index (κ2) is 6.12. The number of imidazole rings is 1. The molecule has 2 fully saturated rings. The number of carbonyl (C=O) groups is 1. The zero-order valence-corrected chi connectivity index (χ0v) is 15.2. The van der Waals surface area contributed by atoms with E-state index in [9.17, 15) is 13.2 Å². The SMILES string of the molecule is CC(C)N1CCC(=O)NC2(CCN(S(=O)(=O)c3cn(C)cn3)C2)C1. The van der Waals surface area contributed by atoms with Crippen molar-refractivity contribution in [1.82, 2.24) is 24.1 Å². The fourth-order valence-electron chi connectivity index (χ4n) is 3.48. The molecule has 1 atom stereocenters. The minimum Gasteiger partial charge on any atom is -0.348 e. The number of rotatable bonds is 3. The summed E-state index contributed by atoms with van der Waals surface area (Å²) < 4.78 is 28.6. The largest absolute Gasteiger partial charge is 0.348 e. The number of amides is 1. The van der Waals surface area contributed by atoms with Crippen molar-refractivity contribution < 1.29 is 13.2 Å². The first kappa shape index (κ1) is 17.4. The molecule has 8 nitrogen and oxygen atoms in total. The molecule has 3 heterocycles. The fraction of sp³-hybridized carbons (Fsp3) is 0.733. The van der Waals surface area contributed by atoms with Crippen LogP contribution in [-0.2, 0) is 21.9 Å². The van der Waals surface area contributed by atoms with E-state index in [0.717, 1.165) is 0 Å². The summed E-state index contributed by atoms with van der Waals surface area (Å²) in [6.45, 7) is 6.26. The molecule has 2 aliphatic heterocycles. The van der Waals surface area contributed by atoms with E-state index in [0.29, 0.717) is 45.1 Å². The Labute approximate surface area is 142 Å². The van der Waals surface area contributed by atoms with Crippen molar-refractivity contribution in [3.63, 3.8) is 0 Å². The molecule has 134 valence electrons. The van der Waals surface area contributed by atoms with Gasteiger partial charge >= 0.3 is 0 Å². The monoisotopic (exact) mass is 355 g/mol. The van der Waals surface area contributed by atoms with E-state index in [1.807, 2.05) is 0 Å². The molecule has 1 aromatic rings. The average molecular weight is 355 g/mol. The Morgan fingerprint density at radius 3 is 2.67 bits per heavy atom. The molecule has 3 rings (SSSR count). The van der Waals surface area contributed by atoms with Gasteiger partial charge in [-0.15, -0.1) is 0 Å². The normalized spacial score (nSPS) is 26.9. The van der Waals surface area contributed by atoms with Crippen molar-refractivity contribution >= 4 is 15.9 Å². The van der Waals surface area contributed by atoms with Gasteiger partial charge in [0.1, 0.15) is 0 Å². The van der Waals surface area contributed by atoms with Crippen molar-refractivity contribution in [1.29, 1.82) is 0 Å². The summed E-state index contributed by atoms with van der Waals surface area (Å²) in [5, 5.41) is 3.14. The van der Waals surface area contributed by atoms with Gasteiger partial charge in [0.15, 0.2) is 5.03 Å². The maximum absolute atomic E-state index is 12.8. The first-order valence-electron chi connectivity index (χ1n) is 8.25. The number of nitrogens with zero attached hydrogens (tertiary/aromatic N) is 4. The van der Waals surface area contributed by atoms with Gasteiger partial charge in [-0.05, 0) is 20.3 Å². The van der Waals surface area contributed by atoms with Gasteiger partial charge < -0.3 is 9.88 Å². The molecule has 1 amide bonds. The van der Waals surface area contributed by atoms with Gasteiger partial charge in [-0.1, -0.05) is 0 Å². The lowest BCUT2D eigenvalue weighted by molar-refractivity contribution is -0.122. The summed E-state index contributed by atoms with van der Waals surface area (Å²) in [6.07, 6.45) is 4.06. The van der Waals surface area contributed by atoms with E-state index in [4.69, 9.17) is 0 Å². The number of aryl methyl sites for hydroxylation is 1. The molecule has 0 bridgehead atoms. The molecule has 2 saturated heterocycles. The molecular formula is C15H25N5O3S. The second-order valence-corrected chi connectivity index (χ2v) is 8.99. The second-order valence-electron chi connectivity index (χ2n) is 7.11.